The maximum absolute atomic E-state index is 13.0. The van der Waals surface area contributed by atoms with E-state index in [0.29, 0.717) is 37.8 Å². The van der Waals surface area contributed by atoms with E-state index in [0.717, 1.165) is 0 Å². The van der Waals surface area contributed by atoms with E-state index in [9.17, 15) is 13.2 Å². The minimum atomic E-state index is -3.77. The molecule has 0 atom stereocenters. The predicted molar refractivity (Wildman–Crippen MR) is 116 cm³/mol. The summed E-state index contributed by atoms with van der Waals surface area (Å²) in [6, 6.07) is 11.9. The molecule has 0 spiro atoms. The van der Waals surface area contributed by atoms with Crippen molar-refractivity contribution in [2.75, 3.05) is 38.5 Å². The Kier molecular flexibility index (Phi) is 6.63. The van der Waals surface area contributed by atoms with Gasteiger partial charge in [-0.3, -0.25) is 4.79 Å². The van der Waals surface area contributed by atoms with Crippen LogP contribution in [0.2, 0.25) is 5.02 Å². The third-order valence-corrected chi connectivity index (χ3v) is 7.49. The number of anilines is 1. The lowest BCUT2D eigenvalue weighted by atomic mass is 10.0. The molecule has 0 saturated carbocycles. The molecule has 29 heavy (non-hydrogen) atoms. The number of nitrogens with one attached hydrogen (secondary N) is 1. The van der Waals surface area contributed by atoms with Gasteiger partial charge in [-0.05, 0) is 48.9 Å². The zero-order chi connectivity index (χ0) is 21.2. The van der Waals surface area contributed by atoms with Crippen LogP contribution in [0.25, 0.3) is 0 Å². The summed E-state index contributed by atoms with van der Waals surface area (Å²) in [4.78, 5) is 14.7. The monoisotopic (exact) mass is 435 g/mol. The topological polar surface area (TPSA) is 69.7 Å². The highest BCUT2D eigenvalue weighted by Crippen LogP contribution is 2.27. The first kappa shape index (κ1) is 21.8. The van der Waals surface area contributed by atoms with Crippen molar-refractivity contribution in [2.24, 2.45) is 0 Å². The van der Waals surface area contributed by atoms with Gasteiger partial charge in [-0.1, -0.05) is 37.6 Å². The molecular weight excluding hydrogens is 410 g/mol. The van der Waals surface area contributed by atoms with Gasteiger partial charge in [-0.25, -0.2) is 8.42 Å². The Hall–Kier alpha value is -1.93. The Balaban J connectivity index is 1.81. The number of rotatable bonds is 5. The minimum absolute atomic E-state index is 0.0356. The molecule has 1 fully saturated rings. The van der Waals surface area contributed by atoms with Crippen LogP contribution in [0, 0.1) is 0 Å². The Morgan fingerprint density at radius 1 is 1.03 bits per heavy atom. The van der Waals surface area contributed by atoms with Crippen molar-refractivity contribution in [1.29, 1.82) is 0 Å². The molecule has 2 aromatic carbocycles. The lowest BCUT2D eigenvalue weighted by molar-refractivity contribution is 0.102. The van der Waals surface area contributed by atoms with Crippen LogP contribution < -0.4 is 5.32 Å². The maximum atomic E-state index is 13.0. The van der Waals surface area contributed by atoms with E-state index in [1.54, 1.807) is 0 Å². The van der Waals surface area contributed by atoms with Gasteiger partial charge in [-0.2, -0.15) is 4.31 Å². The van der Waals surface area contributed by atoms with Gasteiger partial charge < -0.3 is 10.2 Å². The second-order valence-electron chi connectivity index (χ2n) is 7.58. The van der Waals surface area contributed by atoms with Gasteiger partial charge in [-0.15, -0.1) is 0 Å². The average Bonchev–Trinajstić information content (AvgIpc) is 2.69. The molecule has 0 aromatic heterocycles. The van der Waals surface area contributed by atoms with Crippen LogP contribution in [0.4, 0.5) is 5.69 Å². The van der Waals surface area contributed by atoms with Crippen molar-refractivity contribution in [3.8, 4) is 0 Å². The summed E-state index contributed by atoms with van der Waals surface area (Å²) in [7, 11) is -1.81. The lowest BCUT2D eigenvalue weighted by Gasteiger charge is -2.31. The summed E-state index contributed by atoms with van der Waals surface area (Å²) in [6.07, 6.45) is 0. The fourth-order valence-corrected chi connectivity index (χ4v) is 5.09. The van der Waals surface area contributed by atoms with Gasteiger partial charge in [0.05, 0.1) is 5.02 Å². The first-order valence-electron chi connectivity index (χ1n) is 9.58. The molecule has 1 heterocycles. The molecule has 1 amide bonds. The molecule has 156 valence electrons. The maximum Gasteiger partial charge on any atom is 0.255 e. The second kappa shape index (κ2) is 8.83. The molecule has 1 N–H and O–H groups in total. The Labute approximate surface area is 177 Å². The van der Waals surface area contributed by atoms with Crippen molar-refractivity contribution in [2.45, 2.75) is 24.7 Å². The van der Waals surface area contributed by atoms with Crippen molar-refractivity contribution < 1.29 is 13.2 Å². The van der Waals surface area contributed by atoms with Crippen molar-refractivity contribution in [3.63, 3.8) is 0 Å². The number of piperazine rings is 1. The van der Waals surface area contributed by atoms with Gasteiger partial charge in [0.15, 0.2) is 0 Å². The van der Waals surface area contributed by atoms with Gasteiger partial charge in [0.1, 0.15) is 4.90 Å². The largest absolute Gasteiger partial charge is 0.322 e. The van der Waals surface area contributed by atoms with Crippen LogP contribution in [0.15, 0.2) is 47.4 Å². The summed E-state index contributed by atoms with van der Waals surface area (Å²) < 4.78 is 27.5. The molecule has 0 unspecified atom stereocenters. The molecular formula is C21H26ClN3O3S. The summed E-state index contributed by atoms with van der Waals surface area (Å²) >= 11 is 6.19. The molecule has 0 radical (unpaired) electrons. The number of likely N-dealkylation sites (N-methyl/N-ethyl adjacent to an activating group) is 1. The number of sulfonamides is 1. The molecule has 2 aromatic rings. The van der Waals surface area contributed by atoms with E-state index in [-0.39, 0.29) is 21.4 Å². The normalized spacial score (nSPS) is 16.2. The van der Waals surface area contributed by atoms with Gasteiger partial charge in [0.25, 0.3) is 5.91 Å². The first-order valence-corrected chi connectivity index (χ1v) is 11.4. The quantitative estimate of drug-likeness (QED) is 0.778. The number of hydrogen-bond acceptors (Lipinski definition) is 4. The lowest BCUT2D eigenvalue weighted by Crippen LogP contribution is -2.47. The SMILES string of the molecule is CC(C)c1ccc(NC(=O)c2ccc(Cl)c(S(=O)(=O)N3CCN(C)CC3)c2)cc1. The standard InChI is InChI=1S/C21H26ClN3O3S/c1-15(2)16-4-7-18(8-5-16)23-21(26)17-6-9-19(22)20(14-17)29(27,28)25-12-10-24(3)11-13-25/h4-9,14-15H,10-13H2,1-3H3,(H,23,26). The minimum Gasteiger partial charge on any atom is -0.322 e. The van der Waals surface area contributed by atoms with Crippen LogP contribution >= 0.6 is 11.6 Å². The Morgan fingerprint density at radius 3 is 2.24 bits per heavy atom. The van der Waals surface area contributed by atoms with Crippen LogP contribution in [-0.4, -0.2) is 56.8 Å². The number of halogens is 1. The van der Waals surface area contributed by atoms with Gasteiger partial charge in [0.2, 0.25) is 10.0 Å². The predicted octanol–water partition coefficient (Wildman–Crippen LogP) is 3.65. The molecule has 1 saturated heterocycles. The van der Waals surface area contributed by atoms with Crippen LogP contribution in [0.3, 0.4) is 0 Å². The van der Waals surface area contributed by atoms with E-state index < -0.39 is 10.0 Å². The number of amides is 1. The zero-order valence-electron chi connectivity index (χ0n) is 16.9. The van der Waals surface area contributed by atoms with Crippen molar-refractivity contribution in [3.05, 3.63) is 58.6 Å². The average molecular weight is 436 g/mol. The van der Waals surface area contributed by atoms with E-state index >= 15 is 0 Å². The number of hydrogen-bond donors (Lipinski definition) is 1. The van der Waals surface area contributed by atoms with E-state index in [2.05, 4.69) is 24.1 Å². The molecule has 1 aliphatic heterocycles. The highest BCUT2D eigenvalue weighted by Gasteiger charge is 2.30. The van der Waals surface area contributed by atoms with Crippen LogP contribution in [0.1, 0.15) is 35.7 Å². The fraction of sp³-hybridized carbons (Fsp3) is 0.381. The number of nitrogens with zero attached hydrogens (tertiary/aromatic N) is 2. The highest BCUT2D eigenvalue weighted by molar-refractivity contribution is 7.89. The molecule has 8 heteroatoms. The van der Waals surface area contributed by atoms with Crippen LogP contribution in [-0.2, 0) is 10.0 Å². The number of carbonyl (C=O) groups is 1. The number of benzene rings is 2. The Bertz CT molecular complexity index is 983. The fourth-order valence-electron chi connectivity index (χ4n) is 3.16. The van der Waals surface area contributed by atoms with E-state index in [4.69, 9.17) is 11.6 Å². The van der Waals surface area contributed by atoms with E-state index in [1.807, 2.05) is 31.3 Å². The van der Waals surface area contributed by atoms with E-state index in [1.165, 1.54) is 28.1 Å². The summed E-state index contributed by atoms with van der Waals surface area (Å²) in [6.45, 7) is 6.31. The van der Waals surface area contributed by atoms with Crippen LogP contribution in [0.5, 0.6) is 0 Å². The molecule has 0 aliphatic carbocycles. The van der Waals surface area contributed by atoms with Gasteiger partial charge in [0, 0.05) is 37.4 Å². The third kappa shape index (κ3) is 4.98. The zero-order valence-corrected chi connectivity index (χ0v) is 18.4. The smallest absolute Gasteiger partial charge is 0.255 e. The Morgan fingerprint density at radius 2 is 1.66 bits per heavy atom. The second-order valence-corrected chi connectivity index (χ2v) is 9.90. The molecule has 0 bridgehead atoms. The first-order chi connectivity index (χ1) is 13.7. The molecule has 1 aliphatic rings. The summed E-state index contributed by atoms with van der Waals surface area (Å²) in [5.74, 6) is 0.0205. The van der Waals surface area contributed by atoms with Gasteiger partial charge >= 0.3 is 0 Å². The van der Waals surface area contributed by atoms with Crippen molar-refractivity contribution in [1.82, 2.24) is 9.21 Å². The highest BCUT2D eigenvalue weighted by atomic mass is 35.5. The number of carbonyl (C=O) groups excluding carboxylic acids is 1. The summed E-state index contributed by atoms with van der Waals surface area (Å²) in [5.41, 5.74) is 2.07. The molecule has 3 rings (SSSR count). The third-order valence-electron chi connectivity index (χ3n) is 5.11. The molecule has 6 nitrogen and oxygen atoms in total. The van der Waals surface area contributed by atoms with Crippen molar-refractivity contribution >= 4 is 33.2 Å². The summed E-state index contributed by atoms with van der Waals surface area (Å²) in [5, 5.41) is 2.92.